The summed E-state index contributed by atoms with van der Waals surface area (Å²) < 4.78 is 9.61. The summed E-state index contributed by atoms with van der Waals surface area (Å²) in [5, 5.41) is 8.44. The van der Waals surface area contributed by atoms with E-state index >= 15 is 0 Å². The van der Waals surface area contributed by atoms with E-state index in [1.807, 2.05) is 0 Å². The second kappa shape index (κ2) is 8.05. The van der Waals surface area contributed by atoms with Crippen molar-refractivity contribution in [1.29, 1.82) is 0 Å². The zero-order chi connectivity index (χ0) is 14.1. The lowest BCUT2D eigenvalue weighted by atomic mass is 10.2. The molecule has 1 unspecified atom stereocenters. The lowest BCUT2D eigenvalue weighted by Gasteiger charge is -2.12. The molecular weight excluding hydrogens is 240 g/mol. The average molecular weight is 256 g/mol. The predicted molar refractivity (Wildman–Crippen MR) is 62.7 cm³/mol. The second-order valence-electron chi connectivity index (χ2n) is 3.55. The maximum absolute atomic E-state index is 11.2. The van der Waals surface area contributed by atoms with E-state index in [0.29, 0.717) is 6.42 Å². The van der Waals surface area contributed by atoms with Gasteiger partial charge < -0.3 is 14.6 Å². The van der Waals surface area contributed by atoms with Crippen molar-refractivity contribution < 1.29 is 29.0 Å². The van der Waals surface area contributed by atoms with Crippen LogP contribution in [-0.4, -0.2) is 35.7 Å². The molecule has 0 amide bonds. The Hall–Kier alpha value is -2.11. The number of esters is 2. The van der Waals surface area contributed by atoms with Crippen LogP contribution in [0.25, 0.3) is 0 Å². The summed E-state index contributed by atoms with van der Waals surface area (Å²) in [7, 11) is 0. The van der Waals surface area contributed by atoms with Crippen LogP contribution >= 0.6 is 0 Å². The first kappa shape index (κ1) is 15.9. The van der Waals surface area contributed by atoms with Crippen LogP contribution in [0.15, 0.2) is 24.8 Å². The second-order valence-corrected chi connectivity index (χ2v) is 3.55. The molecule has 100 valence electrons. The lowest BCUT2D eigenvalue weighted by molar-refractivity contribution is -0.146. The number of carbonyl (C=O) groups excluding carboxylic acids is 2. The van der Waals surface area contributed by atoms with Crippen LogP contribution in [0.2, 0.25) is 0 Å². The summed E-state index contributed by atoms with van der Waals surface area (Å²) in [6.45, 7) is 8.20. The molecule has 0 aromatic heterocycles. The maximum Gasteiger partial charge on any atom is 0.333 e. The molecule has 0 aliphatic carbocycles. The van der Waals surface area contributed by atoms with E-state index in [0.717, 1.165) is 6.08 Å². The average Bonchev–Trinajstić information content (AvgIpc) is 2.27. The Kier molecular flexibility index (Phi) is 7.11. The van der Waals surface area contributed by atoms with Gasteiger partial charge >= 0.3 is 17.9 Å². The summed E-state index contributed by atoms with van der Waals surface area (Å²) >= 11 is 0. The molecule has 6 heteroatoms. The van der Waals surface area contributed by atoms with Crippen molar-refractivity contribution in [2.45, 2.75) is 25.9 Å². The van der Waals surface area contributed by atoms with Crippen molar-refractivity contribution in [3.05, 3.63) is 24.8 Å². The topological polar surface area (TPSA) is 89.9 Å². The van der Waals surface area contributed by atoms with E-state index in [2.05, 4.69) is 13.2 Å². The van der Waals surface area contributed by atoms with Crippen LogP contribution in [0.5, 0.6) is 0 Å². The standard InChI is InChI=1S/C12H16O6/c1-4-11(15)18-9(3)5-6-17-12(16)8(2)7-10(13)14/h4,9H,1-2,5-7H2,3H3,(H,13,14). The fourth-order valence-electron chi connectivity index (χ4n) is 0.980. The van der Waals surface area contributed by atoms with E-state index in [1.54, 1.807) is 6.92 Å². The Morgan fingerprint density at radius 1 is 1.39 bits per heavy atom. The normalized spacial score (nSPS) is 11.2. The molecule has 0 saturated carbocycles. The van der Waals surface area contributed by atoms with Gasteiger partial charge in [0.25, 0.3) is 0 Å². The van der Waals surface area contributed by atoms with E-state index in [4.69, 9.17) is 14.6 Å². The number of carboxylic acids is 1. The van der Waals surface area contributed by atoms with Gasteiger partial charge in [0.2, 0.25) is 0 Å². The van der Waals surface area contributed by atoms with Crippen molar-refractivity contribution in [2.75, 3.05) is 6.61 Å². The van der Waals surface area contributed by atoms with Crippen molar-refractivity contribution in [1.82, 2.24) is 0 Å². The van der Waals surface area contributed by atoms with Gasteiger partial charge in [-0.2, -0.15) is 0 Å². The van der Waals surface area contributed by atoms with Gasteiger partial charge in [-0.25, -0.2) is 9.59 Å². The van der Waals surface area contributed by atoms with Gasteiger partial charge in [0.1, 0.15) is 6.10 Å². The van der Waals surface area contributed by atoms with Crippen LogP contribution in [0.1, 0.15) is 19.8 Å². The molecule has 0 aliphatic rings. The quantitative estimate of drug-likeness (QED) is 0.516. The van der Waals surface area contributed by atoms with Crippen molar-refractivity contribution in [3.8, 4) is 0 Å². The zero-order valence-electron chi connectivity index (χ0n) is 10.2. The minimum atomic E-state index is -1.15. The Labute approximate surface area is 105 Å². The van der Waals surface area contributed by atoms with Gasteiger partial charge in [0.05, 0.1) is 13.0 Å². The van der Waals surface area contributed by atoms with Gasteiger partial charge in [0, 0.05) is 18.1 Å². The summed E-state index contributed by atoms with van der Waals surface area (Å²) in [5.41, 5.74) is -0.127. The number of carboxylic acid groups (broad SMARTS) is 1. The van der Waals surface area contributed by atoms with Gasteiger partial charge in [0.15, 0.2) is 0 Å². The molecule has 0 aromatic rings. The van der Waals surface area contributed by atoms with Gasteiger partial charge in [-0.3, -0.25) is 4.79 Å². The fourth-order valence-corrected chi connectivity index (χ4v) is 0.980. The van der Waals surface area contributed by atoms with E-state index < -0.39 is 30.4 Å². The Bertz CT molecular complexity index is 358. The number of rotatable bonds is 8. The van der Waals surface area contributed by atoms with E-state index in [1.165, 1.54) is 0 Å². The third-order valence-electron chi connectivity index (χ3n) is 1.89. The third-order valence-corrected chi connectivity index (χ3v) is 1.89. The maximum atomic E-state index is 11.2. The molecule has 6 nitrogen and oxygen atoms in total. The Morgan fingerprint density at radius 3 is 2.50 bits per heavy atom. The van der Waals surface area contributed by atoms with Crippen LogP contribution in [-0.2, 0) is 23.9 Å². The van der Waals surface area contributed by atoms with Crippen LogP contribution in [0.4, 0.5) is 0 Å². The summed E-state index contributed by atoms with van der Waals surface area (Å²) in [6, 6.07) is 0. The number of carbonyl (C=O) groups is 3. The molecular formula is C12H16O6. The van der Waals surface area contributed by atoms with Crippen LogP contribution in [0, 0.1) is 0 Å². The lowest BCUT2D eigenvalue weighted by Crippen LogP contribution is -2.18. The van der Waals surface area contributed by atoms with Crippen molar-refractivity contribution >= 4 is 17.9 Å². The highest BCUT2D eigenvalue weighted by molar-refractivity contribution is 5.92. The minimum Gasteiger partial charge on any atom is -0.481 e. The molecule has 0 aromatic carbocycles. The molecule has 0 rings (SSSR count). The Morgan fingerprint density at radius 2 is 2.00 bits per heavy atom. The molecule has 1 N–H and O–H groups in total. The first-order valence-electron chi connectivity index (χ1n) is 5.26. The number of aliphatic carboxylic acids is 1. The number of hydrogen-bond donors (Lipinski definition) is 1. The molecule has 0 bridgehead atoms. The minimum absolute atomic E-state index is 0.0169. The van der Waals surface area contributed by atoms with Crippen molar-refractivity contribution in [3.63, 3.8) is 0 Å². The molecule has 0 aliphatic heterocycles. The van der Waals surface area contributed by atoms with E-state index in [-0.39, 0.29) is 12.2 Å². The largest absolute Gasteiger partial charge is 0.481 e. The monoisotopic (exact) mass is 256 g/mol. The smallest absolute Gasteiger partial charge is 0.333 e. The summed E-state index contributed by atoms with van der Waals surface area (Å²) in [6.07, 6.45) is 0.471. The molecule has 0 radical (unpaired) electrons. The molecule has 18 heavy (non-hydrogen) atoms. The first-order chi connectivity index (χ1) is 8.36. The zero-order valence-corrected chi connectivity index (χ0v) is 10.2. The SMILES string of the molecule is C=CC(=O)OC(C)CCOC(=O)C(=C)CC(=O)O. The number of hydrogen-bond acceptors (Lipinski definition) is 5. The highest BCUT2D eigenvalue weighted by Crippen LogP contribution is 2.04. The molecule has 1 atom stereocenters. The van der Waals surface area contributed by atoms with Crippen LogP contribution < -0.4 is 0 Å². The number of ether oxygens (including phenoxy) is 2. The summed E-state index contributed by atoms with van der Waals surface area (Å²) in [4.78, 5) is 32.4. The molecule has 0 heterocycles. The highest BCUT2D eigenvalue weighted by Gasteiger charge is 2.13. The predicted octanol–water partition coefficient (Wildman–Crippen LogP) is 1.07. The molecule has 0 spiro atoms. The van der Waals surface area contributed by atoms with Crippen LogP contribution in [0.3, 0.4) is 0 Å². The highest BCUT2D eigenvalue weighted by atomic mass is 16.6. The Balaban J connectivity index is 3.87. The summed E-state index contributed by atoms with van der Waals surface area (Å²) in [5.74, 6) is -2.46. The van der Waals surface area contributed by atoms with Gasteiger partial charge in [-0.1, -0.05) is 13.2 Å². The molecule has 0 saturated heterocycles. The van der Waals surface area contributed by atoms with Gasteiger partial charge in [-0.15, -0.1) is 0 Å². The molecule has 0 fully saturated rings. The third kappa shape index (κ3) is 7.21. The first-order valence-corrected chi connectivity index (χ1v) is 5.26. The fraction of sp³-hybridized carbons (Fsp3) is 0.417. The van der Waals surface area contributed by atoms with E-state index in [9.17, 15) is 14.4 Å². The van der Waals surface area contributed by atoms with Gasteiger partial charge in [-0.05, 0) is 6.92 Å². The van der Waals surface area contributed by atoms with Crippen molar-refractivity contribution in [2.24, 2.45) is 0 Å².